The quantitative estimate of drug-likeness (QED) is 0.660. The largest absolute Gasteiger partial charge is 0.355 e. The van der Waals surface area contributed by atoms with E-state index in [9.17, 15) is 9.59 Å². The van der Waals surface area contributed by atoms with Crippen LogP contribution in [0.25, 0.3) is 0 Å². The van der Waals surface area contributed by atoms with Crippen LogP contribution in [0.1, 0.15) is 32.6 Å². The number of unbranched alkanes of at least 4 members (excludes halogenated alkanes) is 2. The highest BCUT2D eigenvalue weighted by Gasteiger charge is 2.33. The van der Waals surface area contributed by atoms with Gasteiger partial charge in [-0.3, -0.25) is 9.59 Å². The number of carbonyl (C=O) groups is 2. The number of hydrogen-bond acceptors (Lipinski definition) is 3. The van der Waals surface area contributed by atoms with Crippen LogP contribution in [0.15, 0.2) is 0 Å². The molecule has 0 radical (unpaired) electrons. The summed E-state index contributed by atoms with van der Waals surface area (Å²) in [5.41, 5.74) is 0. The van der Waals surface area contributed by atoms with Gasteiger partial charge in [-0.1, -0.05) is 19.8 Å². The van der Waals surface area contributed by atoms with Gasteiger partial charge >= 0.3 is 0 Å². The number of carbonyl (C=O) groups excluding carboxylic acids is 2. The third-order valence-electron chi connectivity index (χ3n) is 3.48. The topological polar surface area (TPSA) is 52.7 Å². The van der Waals surface area contributed by atoms with Crippen LogP contribution in [0.4, 0.5) is 0 Å². The van der Waals surface area contributed by atoms with Gasteiger partial charge in [-0.05, 0) is 20.5 Å². The molecular weight excluding hydrogens is 242 g/mol. The summed E-state index contributed by atoms with van der Waals surface area (Å²) in [5.74, 6) is -0.00616. The minimum atomic E-state index is -0.156. The molecule has 0 aromatic carbocycles. The summed E-state index contributed by atoms with van der Waals surface area (Å²) in [4.78, 5) is 27.6. The molecule has 19 heavy (non-hydrogen) atoms. The lowest BCUT2D eigenvalue weighted by molar-refractivity contribution is -0.129. The van der Waals surface area contributed by atoms with E-state index < -0.39 is 0 Å². The first kappa shape index (κ1) is 16.0. The summed E-state index contributed by atoms with van der Waals surface area (Å²) in [6.45, 7) is 5.01. The number of hydrogen-bond donors (Lipinski definition) is 1. The Hall–Kier alpha value is -1.10. The van der Waals surface area contributed by atoms with Gasteiger partial charge in [0.1, 0.15) is 0 Å². The minimum Gasteiger partial charge on any atom is -0.355 e. The summed E-state index contributed by atoms with van der Waals surface area (Å²) >= 11 is 0. The smallest absolute Gasteiger partial charge is 0.225 e. The third-order valence-corrected chi connectivity index (χ3v) is 3.48. The van der Waals surface area contributed by atoms with E-state index >= 15 is 0 Å². The Kier molecular flexibility index (Phi) is 6.84. The van der Waals surface area contributed by atoms with Gasteiger partial charge in [0.15, 0.2) is 0 Å². The molecule has 0 spiro atoms. The van der Waals surface area contributed by atoms with Crippen LogP contribution in [0.3, 0.4) is 0 Å². The van der Waals surface area contributed by atoms with Crippen molar-refractivity contribution in [3.8, 4) is 0 Å². The van der Waals surface area contributed by atoms with Crippen molar-refractivity contribution in [3.63, 3.8) is 0 Å². The second-order valence-corrected chi connectivity index (χ2v) is 5.54. The number of nitrogens with one attached hydrogen (secondary N) is 1. The average molecular weight is 269 g/mol. The molecule has 0 saturated carbocycles. The fraction of sp³-hybridized carbons (Fsp3) is 0.857. The molecule has 0 aromatic heterocycles. The molecule has 2 amide bonds. The van der Waals surface area contributed by atoms with Gasteiger partial charge in [0.05, 0.1) is 5.92 Å². The molecule has 5 heteroatoms. The van der Waals surface area contributed by atoms with Crippen molar-refractivity contribution in [2.24, 2.45) is 5.92 Å². The van der Waals surface area contributed by atoms with E-state index in [2.05, 4.69) is 12.2 Å². The van der Waals surface area contributed by atoms with Gasteiger partial charge in [0.25, 0.3) is 0 Å². The van der Waals surface area contributed by atoms with Crippen LogP contribution in [0.2, 0.25) is 0 Å². The molecule has 0 aliphatic carbocycles. The van der Waals surface area contributed by atoms with E-state index in [0.29, 0.717) is 19.5 Å². The van der Waals surface area contributed by atoms with Gasteiger partial charge in [-0.2, -0.15) is 0 Å². The third kappa shape index (κ3) is 5.59. The number of rotatable bonds is 8. The molecule has 0 aromatic rings. The Morgan fingerprint density at radius 2 is 2.16 bits per heavy atom. The van der Waals surface area contributed by atoms with Crippen molar-refractivity contribution in [2.45, 2.75) is 32.6 Å². The van der Waals surface area contributed by atoms with E-state index in [0.717, 1.165) is 32.4 Å². The van der Waals surface area contributed by atoms with Crippen molar-refractivity contribution < 1.29 is 9.59 Å². The number of nitrogens with zero attached hydrogens (tertiary/aromatic N) is 2. The summed E-state index contributed by atoms with van der Waals surface area (Å²) in [5, 5.41) is 2.90. The Balaban J connectivity index is 2.28. The normalized spacial score (nSPS) is 19.3. The molecule has 1 atom stereocenters. The summed E-state index contributed by atoms with van der Waals surface area (Å²) < 4.78 is 0. The molecule has 1 fully saturated rings. The lowest BCUT2D eigenvalue weighted by atomic mass is 10.1. The molecule has 1 aliphatic heterocycles. The monoisotopic (exact) mass is 269 g/mol. The van der Waals surface area contributed by atoms with Crippen LogP contribution in [0.5, 0.6) is 0 Å². The average Bonchev–Trinajstić information content (AvgIpc) is 2.71. The van der Waals surface area contributed by atoms with E-state index in [1.54, 1.807) is 0 Å². The van der Waals surface area contributed by atoms with Crippen LogP contribution < -0.4 is 5.32 Å². The lowest BCUT2D eigenvalue weighted by Gasteiger charge is -2.16. The molecular formula is C14H27N3O2. The zero-order valence-corrected chi connectivity index (χ0v) is 12.4. The van der Waals surface area contributed by atoms with Crippen molar-refractivity contribution in [1.82, 2.24) is 15.1 Å². The maximum atomic E-state index is 11.9. The van der Waals surface area contributed by atoms with Crippen LogP contribution in [-0.4, -0.2) is 61.9 Å². The van der Waals surface area contributed by atoms with Gasteiger partial charge < -0.3 is 15.1 Å². The summed E-state index contributed by atoms with van der Waals surface area (Å²) in [6, 6.07) is 0. The highest BCUT2D eigenvalue weighted by Crippen LogP contribution is 2.18. The zero-order chi connectivity index (χ0) is 14.3. The number of likely N-dealkylation sites (tertiary alicyclic amines) is 1. The van der Waals surface area contributed by atoms with Crippen molar-refractivity contribution >= 4 is 11.8 Å². The minimum absolute atomic E-state index is 0.0215. The first-order valence-corrected chi connectivity index (χ1v) is 7.24. The summed E-state index contributed by atoms with van der Waals surface area (Å²) in [6.07, 6.45) is 3.71. The predicted octanol–water partition coefficient (Wildman–Crippen LogP) is 0.703. The van der Waals surface area contributed by atoms with E-state index in [1.165, 1.54) is 0 Å². The Labute approximate surface area is 116 Å². The Morgan fingerprint density at radius 3 is 2.79 bits per heavy atom. The molecule has 5 nitrogen and oxygen atoms in total. The van der Waals surface area contributed by atoms with Crippen LogP contribution in [-0.2, 0) is 9.59 Å². The molecule has 1 saturated heterocycles. The first-order chi connectivity index (χ1) is 9.04. The van der Waals surface area contributed by atoms with Gasteiger partial charge in [-0.15, -0.1) is 0 Å². The van der Waals surface area contributed by atoms with Gasteiger partial charge in [-0.25, -0.2) is 0 Å². The van der Waals surface area contributed by atoms with Crippen molar-refractivity contribution in [1.29, 1.82) is 0 Å². The highest BCUT2D eigenvalue weighted by molar-refractivity contribution is 5.89. The number of likely N-dealkylation sites (N-methyl/N-ethyl adjacent to an activating group) is 1. The van der Waals surface area contributed by atoms with E-state index in [1.807, 2.05) is 23.9 Å². The Morgan fingerprint density at radius 1 is 1.42 bits per heavy atom. The second kappa shape index (κ2) is 8.15. The molecule has 110 valence electrons. The van der Waals surface area contributed by atoms with Crippen LogP contribution >= 0.6 is 0 Å². The van der Waals surface area contributed by atoms with Crippen molar-refractivity contribution in [2.75, 3.05) is 40.3 Å². The maximum absolute atomic E-state index is 11.9. The number of amides is 2. The van der Waals surface area contributed by atoms with Gasteiger partial charge in [0.2, 0.25) is 11.8 Å². The molecule has 1 N–H and O–H groups in total. The van der Waals surface area contributed by atoms with Crippen LogP contribution in [0, 0.1) is 5.92 Å². The molecule has 1 rings (SSSR count). The molecule has 1 unspecified atom stereocenters. The standard InChI is InChI=1S/C14H27N3O2/c1-4-5-6-8-17-11-12(10-13(17)18)14(19)15-7-9-16(2)3/h12H,4-11H2,1-3H3,(H,15,19). The fourth-order valence-corrected chi connectivity index (χ4v) is 2.26. The summed E-state index contributed by atoms with van der Waals surface area (Å²) in [7, 11) is 3.95. The molecule has 1 aliphatic rings. The van der Waals surface area contributed by atoms with Gasteiger partial charge in [0, 0.05) is 32.6 Å². The highest BCUT2D eigenvalue weighted by atomic mass is 16.2. The zero-order valence-electron chi connectivity index (χ0n) is 12.4. The Bertz CT molecular complexity index is 305. The maximum Gasteiger partial charge on any atom is 0.225 e. The van der Waals surface area contributed by atoms with E-state index in [4.69, 9.17) is 0 Å². The van der Waals surface area contributed by atoms with E-state index in [-0.39, 0.29) is 17.7 Å². The molecule has 0 bridgehead atoms. The predicted molar refractivity (Wildman–Crippen MR) is 75.8 cm³/mol. The fourth-order valence-electron chi connectivity index (χ4n) is 2.26. The lowest BCUT2D eigenvalue weighted by Crippen LogP contribution is -2.36. The molecule has 1 heterocycles. The van der Waals surface area contributed by atoms with Crippen molar-refractivity contribution in [3.05, 3.63) is 0 Å². The SMILES string of the molecule is CCCCCN1CC(C(=O)NCCN(C)C)CC1=O. The second-order valence-electron chi connectivity index (χ2n) is 5.54. The first-order valence-electron chi connectivity index (χ1n) is 7.24.